The molecule has 0 spiro atoms. The van der Waals surface area contributed by atoms with Crippen molar-refractivity contribution in [2.45, 2.75) is 12.3 Å². The highest BCUT2D eigenvalue weighted by Crippen LogP contribution is 2.56. The van der Waals surface area contributed by atoms with Crippen molar-refractivity contribution in [1.29, 1.82) is 0 Å². The molecule has 10 aromatic rings. The summed E-state index contributed by atoms with van der Waals surface area (Å²) < 4.78 is 9.36. The van der Waals surface area contributed by atoms with E-state index in [0.717, 1.165) is 39.0 Å². The summed E-state index contributed by atoms with van der Waals surface area (Å²) in [6.07, 6.45) is 0. The van der Waals surface area contributed by atoms with Crippen molar-refractivity contribution in [3.8, 4) is 22.3 Å². The van der Waals surface area contributed by atoms with E-state index < -0.39 is 0 Å². The number of nitrogens with zero attached hydrogens (tertiary/aromatic N) is 1. The summed E-state index contributed by atoms with van der Waals surface area (Å²) in [5.41, 5.74) is 13.6. The molecule has 0 fully saturated rings. The number of hydrogen-bond donors (Lipinski definition) is 0. The molecule has 2 heterocycles. The van der Waals surface area contributed by atoms with Crippen LogP contribution in [0.4, 0.5) is 17.1 Å². The number of furan rings is 1. The van der Waals surface area contributed by atoms with Gasteiger partial charge < -0.3 is 9.32 Å². The van der Waals surface area contributed by atoms with Crippen molar-refractivity contribution < 1.29 is 4.42 Å². The fourth-order valence-corrected chi connectivity index (χ4v) is 10.1. The summed E-state index contributed by atoms with van der Waals surface area (Å²) in [5, 5.41) is 4.77. The lowest BCUT2D eigenvalue weighted by molar-refractivity contribution is 0.669. The average molecular weight is 696 g/mol. The molecule has 1 aliphatic rings. The highest BCUT2D eigenvalue weighted by Gasteiger charge is 2.42. The first-order chi connectivity index (χ1) is 26.2. The molecular formula is C50H33NOS. The van der Waals surface area contributed by atoms with Crippen LogP contribution >= 0.6 is 11.3 Å². The van der Waals surface area contributed by atoms with Crippen LogP contribution in [0.25, 0.3) is 64.4 Å². The standard InChI is InChI=1S/C50H33NOS/c1-50(42-21-9-5-16-36(42)37-17-6-10-22-43(37)50)44-31-35(30-41-39-19-8-12-25-47(39)53-49(41)44)51(34-28-26-33(27-29-34)32-14-3-2-4-15-32)45-23-13-20-40-38-18-7-11-24-46(38)52-48(40)45/h2-31H,1H3. The van der Waals surface area contributed by atoms with Crippen molar-refractivity contribution in [3.63, 3.8) is 0 Å². The molecule has 1 aliphatic carbocycles. The van der Waals surface area contributed by atoms with Crippen molar-refractivity contribution in [3.05, 3.63) is 199 Å². The molecule has 53 heavy (non-hydrogen) atoms. The fourth-order valence-electron chi connectivity index (χ4n) is 8.82. The molecule has 0 amide bonds. The van der Waals surface area contributed by atoms with Gasteiger partial charge in [-0.3, -0.25) is 0 Å². The SMILES string of the molecule is CC1(c2cc(N(c3ccc(-c4ccccc4)cc3)c3cccc4c3oc3ccccc34)cc3c2sc2ccccc23)c2ccccc2-c2ccccc21. The van der Waals surface area contributed by atoms with Crippen molar-refractivity contribution in [2.24, 2.45) is 0 Å². The Bertz CT molecular complexity index is 2980. The Hall–Kier alpha value is -6.42. The van der Waals surface area contributed by atoms with Crippen LogP contribution in [0.3, 0.4) is 0 Å². The Morgan fingerprint density at radius 1 is 0.472 bits per heavy atom. The second kappa shape index (κ2) is 11.5. The van der Waals surface area contributed by atoms with Gasteiger partial charge in [0.05, 0.1) is 5.69 Å². The van der Waals surface area contributed by atoms with Crippen LogP contribution in [0, 0.1) is 0 Å². The molecule has 0 N–H and O–H groups in total. The van der Waals surface area contributed by atoms with Gasteiger partial charge in [0.2, 0.25) is 0 Å². The molecule has 0 saturated carbocycles. The third-order valence-electron chi connectivity index (χ3n) is 11.3. The molecule has 0 radical (unpaired) electrons. The molecule has 2 aromatic heterocycles. The molecule has 0 saturated heterocycles. The minimum Gasteiger partial charge on any atom is -0.454 e. The zero-order valence-electron chi connectivity index (χ0n) is 29.1. The van der Waals surface area contributed by atoms with Gasteiger partial charge in [0.1, 0.15) is 5.58 Å². The molecular weight excluding hydrogens is 663 g/mol. The summed E-state index contributed by atoms with van der Waals surface area (Å²) in [7, 11) is 0. The molecule has 8 aromatic carbocycles. The van der Waals surface area contributed by atoms with Gasteiger partial charge in [-0.15, -0.1) is 11.3 Å². The predicted molar refractivity (Wildman–Crippen MR) is 224 cm³/mol. The van der Waals surface area contributed by atoms with E-state index in [0.29, 0.717) is 0 Å². The molecule has 0 bridgehead atoms. The van der Waals surface area contributed by atoms with Crippen LogP contribution in [0.5, 0.6) is 0 Å². The van der Waals surface area contributed by atoms with Gasteiger partial charge in [-0.2, -0.15) is 0 Å². The first-order valence-corrected chi connectivity index (χ1v) is 19.0. The predicted octanol–water partition coefficient (Wildman–Crippen LogP) is 14.4. The second-order valence-electron chi connectivity index (χ2n) is 14.2. The minimum atomic E-state index is -0.378. The monoisotopic (exact) mass is 695 g/mol. The van der Waals surface area contributed by atoms with E-state index in [1.807, 2.05) is 17.4 Å². The lowest BCUT2D eigenvalue weighted by atomic mass is 9.73. The normalized spacial score (nSPS) is 13.2. The van der Waals surface area contributed by atoms with Gasteiger partial charge in [0.25, 0.3) is 0 Å². The Morgan fingerprint density at radius 2 is 1.09 bits per heavy atom. The van der Waals surface area contributed by atoms with E-state index >= 15 is 0 Å². The Kier molecular flexibility index (Phi) is 6.58. The smallest absolute Gasteiger partial charge is 0.159 e. The summed E-state index contributed by atoms with van der Waals surface area (Å²) in [4.78, 5) is 2.41. The van der Waals surface area contributed by atoms with Crippen LogP contribution < -0.4 is 4.90 Å². The first kappa shape index (κ1) is 30.2. The van der Waals surface area contributed by atoms with Gasteiger partial charge in [-0.25, -0.2) is 0 Å². The quantitative estimate of drug-likeness (QED) is 0.178. The molecule has 0 atom stereocenters. The molecule has 3 heteroatoms. The lowest BCUT2D eigenvalue weighted by Gasteiger charge is -2.32. The van der Waals surface area contributed by atoms with Gasteiger partial charge in [0.15, 0.2) is 5.58 Å². The molecule has 0 unspecified atom stereocenters. The van der Waals surface area contributed by atoms with Crippen molar-refractivity contribution >= 4 is 70.5 Å². The topological polar surface area (TPSA) is 16.4 Å². The number of para-hydroxylation sites is 2. The Labute approximate surface area is 311 Å². The number of hydrogen-bond acceptors (Lipinski definition) is 3. The maximum absolute atomic E-state index is 6.75. The number of benzene rings is 8. The Balaban J connectivity index is 1.23. The molecule has 250 valence electrons. The third kappa shape index (κ3) is 4.44. The van der Waals surface area contributed by atoms with Crippen molar-refractivity contribution in [1.82, 2.24) is 0 Å². The number of anilines is 3. The van der Waals surface area contributed by atoms with Crippen LogP contribution in [0.1, 0.15) is 23.6 Å². The van der Waals surface area contributed by atoms with E-state index in [2.05, 4.69) is 188 Å². The van der Waals surface area contributed by atoms with Crippen LogP contribution in [-0.2, 0) is 5.41 Å². The van der Waals surface area contributed by atoms with E-state index in [4.69, 9.17) is 4.42 Å². The molecule has 11 rings (SSSR count). The molecule has 2 nitrogen and oxygen atoms in total. The summed E-state index contributed by atoms with van der Waals surface area (Å²) in [6.45, 7) is 2.43. The minimum absolute atomic E-state index is 0.378. The van der Waals surface area contributed by atoms with Crippen molar-refractivity contribution in [2.75, 3.05) is 4.90 Å². The first-order valence-electron chi connectivity index (χ1n) is 18.2. The number of thiophene rings is 1. The second-order valence-corrected chi connectivity index (χ2v) is 15.2. The summed E-state index contributed by atoms with van der Waals surface area (Å²) in [5.74, 6) is 0. The van der Waals surface area contributed by atoms with Gasteiger partial charge >= 0.3 is 0 Å². The third-order valence-corrected chi connectivity index (χ3v) is 12.6. The van der Waals surface area contributed by atoms with E-state index in [-0.39, 0.29) is 5.41 Å². The zero-order valence-corrected chi connectivity index (χ0v) is 29.9. The molecule has 0 aliphatic heterocycles. The van der Waals surface area contributed by atoms with Crippen LogP contribution in [0.15, 0.2) is 186 Å². The summed E-state index contributed by atoms with van der Waals surface area (Å²) >= 11 is 1.90. The largest absolute Gasteiger partial charge is 0.454 e. The highest BCUT2D eigenvalue weighted by atomic mass is 32.1. The van der Waals surface area contributed by atoms with Gasteiger partial charge in [-0.1, -0.05) is 140 Å². The summed E-state index contributed by atoms with van der Waals surface area (Å²) in [6, 6.07) is 66.1. The fraction of sp³-hybridized carbons (Fsp3) is 0.0400. The van der Waals surface area contributed by atoms with Gasteiger partial charge in [-0.05, 0) is 88.3 Å². The van der Waals surface area contributed by atoms with E-state index in [9.17, 15) is 0 Å². The average Bonchev–Trinajstić information content (AvgIpc) is 3.88. The Morgan fingerprint density at radius 3 is 1.87 bits per heavy atom. The van der Waals surface area contributed by atoms with Crippen LogP contribution in [-0.4, -0.2) is 0 Å². The zero-order chi connectivity index (χ0) is 35.1. The highest BCUT2D eigenvalue weighted by molar-refractivity contribution is 7.26. The lowest BCUT2D eigenvalue weighted by Crippen LogP contribution is -2.23. The maximum Gasteiger partial charge on any atom is 0.159 e. The van der Waals surface area contributed by atoms with Crippen LogP contribution in [0.2, 0.25) is 0 Å². The maximum atomic E-state index is 6.75. The van der Waals surface area contributed by atoms with E-state index in [1.165, 1.54) is 59.1 Å². The van der Waals surface area contributed by atoms with Gasteiger partial charge in [0, 0.05) is 47.7 Å². The number of fused-ring (bicyclic) bond motifs is 9. The number of rotatable bonds is 5. The van der Waals surface area contributed by atoms with E-state index in [1.54, 1.807) is 0 Å².